The number of piperazine rings is 1. The first-order chi connectivity index (χ1) is 12.7. The van der Waals surface area contributed by atoms with Crippen molar-refractivity contribution in [2.24, 2.45) is 0 Å². The monoisotopic (exact) mass is 352 g/mol. The molecule has 0 unspecified atom stereocenters. The minimum Gasteiger partial charge on any atom is -0.368 e. The first-order valence-electron chi connectivity index (χ1n) is 8.91. The minimum atomic E-state index is -0.117. The van der Waals surface area contributed by atoms with E-state index in [4.69, 9.17) is 0 Å². The standard InChI is InChI=1S/C20H24N4O2/c1-2-21-20(26)24-14-12-23(13-15-24)18-10-8-17(9-11-18)22-19(25)16-6-4-3-5-7-16/h3-11H,2,12-15H2,1H3,(H,21,26)(H,22,25). The van der Waals surface area contributed by atoms with E-state index in [-0.39, 0.29) is 11.9 Å². The molecule has 0 bridgehead atoms. The Kier molecular flexibility index (Phi) is 5.73. The fourth-order valence-corrected chi connectivity index (χ4v) is 2.98. The number of urea groups is 1. The maximum absolute atomic E-state index is 12.2. The molecule has 6 heteroatoms. The predicted octanol–water partition coefficient (Wildman–Crippen LogP) is 2.79. The van der Waals surface area contributed by atoms with Gasteiger partial charge in [0.15, 0.2) is 0 Å². The predicted molar refractivity (Wildman–Crippen MR) is 104 cm³/mol. The van der Waals surface area contributed by atoms with Gasteiger partial charge in [0.2, 0.25) is 0 Å². The molecule has 0 radical (unpaired) electrons. The van der Waals surface area contributed by atoms with Crippen molar-refractivity contribution in [3.63, 3.8) is 0 Å². The highest BCUT2D eigenvalue weighted by atomic mass is 16.2. The quantitative estimate of drug-likeness (QED) is 0.889. The van der Waals surface area contributed by atoms with Gasteiger partial charge < -0.3 is 20.4 Å². The summed E-state index contributed by atoms with van der Waals surface area (Å²) in [4.78, 5) is 28.1. The lowest BCUT2D eigenvalue weighted by Crippen LogP contribution is -2.51. The number of rotatable bonds is 4. The molecule has 0 aromatic heterocycles. The van der Waals surface area contributed by atoms with Gasteiger partial charge in [-0.15, -0.1) is 0 Å². The van der Waals surface area contributed by atoms with Crippen molar-refractivity contribution in [2.45, 2.75) is 6.92 Å². The van der Waals surface area contributed by atoms with Gasteiger partial charge in [-0.25, -0.2) is 4.79 Å². The molecule has 1 fully saturated rings. The normalized spacial score (nSPS) is 14.0. The largest absolute Gasteiger partial charge is 0.368 e. The van der Waals surface area contributed by atoms with E-state index in [9.17, 15) is 9.59 Å². The Bertz CT molecular complexity index is 738. The molecule has 0 atom stereocenters. The van der Waals surface area contributed by atoms with Gasteiger partial charge in [-0.1, -0.05) is 18.2 Å². The van der Waals surface area contributed by atoms with Gasteiger partial charge in [-0.3, -0.25) is 4.79 Å². The van der Waals surface area contributed by atoms with Crippen LogP contribution < -0.4 is 15.5 Å². The van der Waals surface area contributed by atoms with Crippen LogP contribution in [0.2, 0.25) is 0 Å². The van der Waals surface area contributed by atoms with Crippen molar-refractivity contribution in [3.05, 3.63) is 60.2 Å². The molecule has 2 aromatic rings. The molecule has 0 aliphatic carbocycles. The third-order valence-corrected chi connectivity index (χ3v) is 4.42. The number of hydrogen-bond acceptors (Lipinski definition) is 3. The molecule has 0 spiro atoms. The van der Waals surface area contributed by atoms with E-state index in [0.29, 0.717) is 25.2 Å². The van der Waals surface area contributed by atoms with Crippen LogP contribution in [0.5, 0.6) is 0 Å². The second-order valence-electron chi connectivity index (χ2n) is 6.18. The summed E-state index contributed by atoms with van der Waals surface area (Å²) in [7, 11) is 0. The number of carbonyl (C=O) groups is 2. The summed E-state index contributed by atoms with van der Waals surface area (Å²) in [6.07, 6.45) is 0. The Morgan fingerprint density at radius 1 is 0.923 bits per heavy atom. The Hall–Kier alpha value is -3.02. The van der Waals surface area contributed by atoms with Gasteiger partial charge in [0, 0.05) is 49.7 Å². The van der Waals surface area contributed by atoms with Crippen molar-refractivity contribution >= 4 is 23.3 Å². The lowest BCUT2D eigenvalue weighted by Gasteiger charge is -2.36. The molecule has 2 aromatic carbocycles. The third-order valence-electron chi connectivity index (χ3n) is 4.42. The zero-order chi connectivity index (χ0) is 18.4. The van der Waals surface area contributed by atoms with Crippen LogP contribution >= 0.6 is 0 Å². The molecule has 0 saturated carbocycles. The molecule has 6 nitrogen and oxygen atoms in total. The SMILES string of the molecule is CCNC(=O)N1CCN(c2ccc(NC(=O)c3ccccc3)cc2)CC1. The maximum Gasteiger partial charge on any atom is 0.317 e. The number of nitrogens with one attached hydrogen (secondary N) is 2. The number of carbonyl (C=O) groups excluding carboxylic acids is 2. The summed E-state index contributed by atoms with van der Waals surface area (Å²) in [6, 6.07) is 17.0. The fraction of sp³-hybridized carbons (Fsp3) is 0.300. The second kappa shape index (κ2) is 8.38. The van der Waals surface area contributed by atoms with Crippen LogP contribution in [0, 0.1) is 0 Å². The minimum absolute atomic E-state index is 0.00567. The second-order valence-corrected chi connectivity index (χ2v) is 6.18. The van der Waals surface area contributed by atoms with Crippen LogP contribution in [-0.2, 0) is 0 Å². The highest BCUT2D eigenvalue weighted by molar-refractivity contribution is 6.04. The molecule has 3 rings (SSSR count). The van der Waals surface area contributed by atoms with E-state index in [2.05, 4.69) is 15.5 Å². The smallest absolute Gasteiger partial charge is 0.317 e. The Morgan fingerprint density at radius 2 is 1.58 bits per heavy atom. The number of amides is 3. The number of hydrogen-bond donors (Lipinski definition) is 2. The van der Waals surface area contributed by atoms with E-state index >= 15 is 0 Å². The van der Waals surface area contributed by atoms with Gasteiger partial charge in [0.1, 0.15) is 0 Å². The summed E-state index contributed by atoms with van der Waals surface area (Å²) in [5.74, 6) is -0.117. The molecule has 1 saturated heterocycles. The number of nitrogens with zero attached hydrogens (tertiary/aromatic N) is 2. The van der Waals surface area contributed by atoms with Crippen molar-refractivity contribution in [1.82, 2.24) is 10.2 Å². The average Bonchev–Trinajstić information content (AvgIpc) is 2.69. The zero-order valence-corrected chi connectivity index (χ0v) is 14.9. The molecule has 1 heterocycles. The molecule has 3 amide bonds. The molecular weight excluding hydrogens is 328 g/mol. The Labute approximate surface area is 153 Å². The van der Waals surface area contributed by atoms with Crippen molar-refractivity contribution in [1.29, 1.82) is 0 Å². The Balaban J connectivity index is 1.55. The summed E-state index contributed by atoms with van der Waals surface area (Å²) in [6.45, 7) is 5.58. The van der Waals surface area contributed by atoms with Gasteiger partial charge in [-0.05, 0) is 43.3 Å². The van der Waals surface area contributed by atoms with Crippen LogP contribution in [-0.4, -0.2) is 49.6 Å². The first-order valence-corrected chi connectivity index (χ1v) is 8.91. The van der Waals surface area contributed by atoms with Crippen molar-refractivity contribution in [3.8, 4) is 0 Å². The topological polar surface area (TPSA) is 64.7 Å². The third kappa shape index (κ3) is 4.33. The Morgan fingerprint density at radius 3 is 2.19 bits per heavy atom. The van der Waals surface area contributed by atoms with Crippen LogP contribution in [0.15, 0.2) is 54.6 Å². The van der Waals surface area contributed by atoms with Gasteiger partial charge in [-0.2, -0.15) is 0 Å². The van der Waals surface area contributed by atoms with Crippen molar-refractivity contribution in [2.75, 3.05) is 42.9 Å². The summed E-state index contributed by atoms with van der Waals surface area (Å²) >= 11 is 0. The van der Waals surface area contributed by atoms with E-state index in [1.54, 1.807) is 12.1 Å². The fourth-order valence-electron chi connectivity index (χ4n) is 2.98. The van der Waals surface area contributed by atoms with Crippen LogP contribution in [0.1, 0.15) is 17.3 Å². The molecule has 26 heavy (non-hydrogen) atoms. The van der Waals surface area contributed by atoms with Gasteiger partial charge in [0.05, 0.1) is 0 Å². The zero-order valence-electron chi connectivity index (χ0n) is 14.9. The number of anilines is 2. The van der Waals surface area contributed by atoms with Gasteiger partial charge >= 0.3 is 6.03 Å². The average molecular weight is 352 g/mol. The highest BCUT2D eigenvalue weighted by Gasteiger charge is 2.20. The van der Waals surface area contributed by atoms with E-state index < -0.39 is 0 Å². The summed E-state index contributed by atoms with van der Waals surface area (Å²) < 4.78 is 0. The van der Waals surface area contributed by atoms with Gasteiger partial charge in [0.25, 0.3) is 5.91 Å². The lowest BCUT2D eigenvalue weighted by molar-refractivity contribution is 0.102. The summed E-state index contributed by atoms with van der Waals surface area (Å²) in [5, 5.41) is 5.74. The summed E-state index contributed by atoms with van der Waals surface area (Å²) in [5.41, 5.74) is 2.50. The highest BCUT2D eigenvalue weighted by Crippen LogP contribution is 2.20. The van der Waals surface area contributed by atoms with Crippen LogP contribution in [0.4, 0.5) is 16.2 Å². The molecule has 136 valence electrons. The molecule has 1 aliphatic heterocycles. The number of benzene rings is 2. The molecule has 2 N–H and O–H groups in total. The van der Waals surface area contributed by atoms with Crippen molar-refractivity contribution < 1.29 is 9.59 Å². The van der Waals surface area contributed by atoms with Crippen LogP contribution in [0.3, 0.4) is 0 Å². The molecular formula is C20H24N4O2. The van der Waals surface area contributed by atoms with E-state index in [1.807, 2.05) is 54.3 Å². The lowest BCUT2D eigenvalue weighted by atomic mass is 10.2. The maximum atomic E-state index is 12.2. The molecule has 1 aliphatic rings. The van der Waals surface area contributed by atoms with Crippen LogP contribution in [0.25, 0.3) is 0 Å². The first kappa shape index (κ1) is 17.8. The van der Waals surface area contributed by atoms with E-state index in [1.165, 1.54) is 0 Å². The van der Waals surface area contributed by atoms with E-state index in [0.717, 1.165) is 24.5 Å².